The van der Waals surface area contributed by atoms with Gasteiger partial charge in [0.15, 0.2) is 0 Å². The van der Waals surface area contributed by atoms with Crippen molar-refractivity contribution >= 4 is 39.6 Å². The second-order valence-corrected chi connectivity index (χ2v) is 11.9. The number of hydrogen-bond acceptors (Lipinski definition) is 8. The summed E-state index contributed by atoms with van der Waals surface area (Å²) < 4.78 is 0. The van der Waals surface area contributed by atoms with Crippen molar-refractivity contribution in [1.82, 2.24) is 4.98 Å². The van der Waals surface area contributed by atoms with Gasteiger partial charge in [-0.3, -0.25) is 20.2 Å². The number of thiazole rings is 1. The second kappa shape index (κ2) is 11.9. The fourth-order valence-electron chi connectivity index (χ4n) is 6.14. The van der Waals surface area contributed by atoms with Gasteiger partial charge < -0.3 is 0 Å². The van der Waals surface area contributed by atoms with Crippen LogP contribution in [-0.4, -0.2) is 20.5 Å². The lowest BCUT2D eigenvalue weighted by atomic mass is 9.77. The summed E-state index contributed by atoms with van der Waals surface area (Å²) in [6.45, 7) is 0. The van der Waals surface area contributed by atoms with Crippen molar-refractivity contribution in [3.05, 3.63) is 145 Å². The molecular weight excluding hydrogens is 586 g/mol. The minimum Gasteiger partial charge on any atom is -0.258 e. The van der Waals surface area contributed by atoms with E-state index in [4.69, 9.17) is 10.1 Å². The van der Waals surface area contributed by atoms with Crippen LogP contribution in [0.25, 0.3) is 28.5 Å². The highest BCUT2D eigenvalue weighted by Gasteiger charge is 2.43. The van der Waals surface area contributed by atoms with Crippen LogP contribution in [0.2, 0.25) is 0 Å². The molecule has 2 atom stereocenters. The van der Waals surface area contributed by atoms with Crippen LogP contribution in [0.15, 0.2) is 119 Å². The average Bonchev–Trinajstić information content (AvgIpc) is 3.72. The summed E-state index contributed by atoms with van der Waals surface area (Å²) in [6.07, 6.45) is 4.77. The van der Waals surface area contributed by atoms with Crippen LogP contribution >= 0.6 is 11.3 Å². The Morgan fingerprint density at radius 2 is 1.40 bits per heavy atom. The van der Waals surface area contributed by atoms with E-state index in [0.29, 0.717) is 0 Å². The summed E-state index contributed by atoms with van der Waals surface area (Å²) in [5.74, 6) is 0.0574. The number of anilines is 1. The quantitative estimate of drug-likeness (QED) is 0.134. The fraction of sp³-hybridized carbons (Fsp3) is 0.143. The smallest absolute Gasteiger partial charge is 0.258 e. The predicted octanol–water partition coefficient (Wildman–Crippen LogP) is 9.09. The summed E-state index contributed by atoms with van der Waals surface area (Å²) in [6, 6.07) is 31.7. The van der Waals surface area contributed by atoms with Gasteiger partial charge in [0.2, 0.25) is 5.13 Å². The molecule has 5 aromatic rings. The molecule has 45 heavy (non-hydrogen) atoms. The number of hydrogen-bond donors (Lipinski definition) is 0. The zero-order valence-corrected chi connectivity index (χ0v) is 24.8. The molecule has 0 N–H and O–H groups in total. The van der Waals surface area contributed by atoms with Gasteiger partial charge in [-0.1, -0.05) is 66.7 Å². The number of rotatable bonds is 7. The predicted molar refractivity (Wildman–Crippen MR) is 177 cm³/mol. The minimum absolute atomic E-state index is 0.0438. The summed E-state index contributed by atoms with van der Waals surface area (Å²) >= 11 is 1.52. The Labute approximate surface area is 263 Å². The minimum atomic E-state index is -0.402. The molecule has 222 valence electrons. The average molecular weight is 614 g/mol. The van der Waals surface area contributed by atoms with Crippen LogP contribution in [0.3, 0.4) is 0 Å². The highest BCUT2D eigenvalue weighted by Crippen LogP contribution is 2.47. The maximum atomic E-state index is 11.4. The van der Waals surface area contributed by atoms with Crippen LogP contribution in [0.4, 0.5) is 16.5 Å². The normalized spacial score (nSPS) is 18.4. The Balaban J connectivity index is 1.24. The van der Waals surface area contributed by atoms with E-state index in [1.165, 1.54) is 23.5 Å². The number of aromatic nitrogens is 1. The first-order chi connectivity index (χ1) is 21.9. The van der Waals surface area contributed by atoms with Gasteiger partial charge in [0.1, 0.15) is 0 Å². The van der Waals surface area contributed by atoms with Crippen molar-refractivity contribution in [3.8, 4) is 22.4 Å². The molecule has 0 radical (unpaired) electrons. The molecule has 0 spiro atoms. The number of nitro benzene ring substituents is 2. The molecular formula is C35H27N5O4S. The molecule has 2 aliphatic rings. The van der Waals surface area contributed by atoms with Crippen molar-refractivity contribution in [2.75, 3.05) is 5.01 Å². The van der Waals surface area contributed by atoms with Gasteiger partial charge in [-0.2, -0.15) is 5.10 Å². The molecule has 0 amide bonds. The highest BCUT2D eigenvalue weighted by atomic mass is 32.1. The van der Waals surface area contributed by atoms with Gasteiger partial charge in [0.05, 0.1) is 27.3 Å². The number of nitro groups is 2. The standard InChI is InChI=1S/C35H27N5O4S/c41-39(42)29-17-9-23(10-18-29)21-28-7-4-8-31-33(28)37-38(34(31)27-15-19-30(20-16-27)40(43)44)35-36-32(22-45-35)26-13-11-25(12-14-26)24-5-2-1-3-6-24/h1-3,5-6,9-22,31,34H,4,7-8H2/b28-21-/t31-,34+/m1/s1. The van der Waals surface area contributed by atoms with E-state index in [1.807, 2.05) is 40.7 Å². The van der Waals surface area contributed by atoms with Crippen molar-refractivity contribution in [2.24, 2.45) is 11.0 Å². The lowest BCUT2D eigenvalue weighted by Crippen LogP contribution is -2.28. The number of non-ortho nitro benzene ring substituents is 2. The molecule has 0 bridgehead atoms. The summed E-state index contributed by atoms with van der Waals surface area (Å²) in [5.41, 5.74) is 8.11. The molecule has 10 heteroatoms. The molecule has 2 heterocycles. The van der Waals surface area contributed by atoms with Crippen LogP contribution in [0.1, 0.15) is 36.4 Å². The van der Waals surface area contributed by atoms with E-state index in [2.05, 4.69) is 42.5 Å². The van der Waals surface area contributed by atoms with Crippen molar-refractivity contribution < 1.29 is 9.85 Å². The molecule has 1 aromatic heterocycles. The molecule has 9 nitrogen and oxygen atoms in total. The zero-order valence-electron chi connectivity index (χ0n) is 24.0. The van der Waals surface area contributed by atoms with E-state index >= 15 is 0 Å². The van der Waals surface area contributed by atoms with Crippen molar-refractivity contribution in [3.63, 3.8) is 0 Å². The Hall–Kier alpha value is -5.48. The first kappa shape index (κ1) is 28.3. The summed E-state index contributed by atoms with van der Waals surface area (Å²) in [4.78, 5) is 26.8. The lowest BCUT2D eigenvalue weighted by Gasteiger charge is -2.29. The SMILES string of the molecule is O=[N+]([O-])c1ccc(/C=C2/CCC[C@@H]3C2=NN(c2nc(-c4ccc(-c5ccccc5)cc4)cs2)[C@H]3c2ccc([N+](=O)[O-])cc2)cc1. The van der Waals surface area contributed by atoms with Gasteiger partial charge in [-0.15, -0.1) is 11.3 Å². The van der Waals surface area contributed by atoms with Crippen molar-refractivity contribution in [1.29, 1.82) is 0 Å². The Kier molecular flexibility index (Phi) is 7.48. The maximum Gasteiger partial charge on any atom is 0.269 e. The Morgan fingerprint density at radius 1 is 0.778 bits per heavy atom. The highest BCUT2D eigenvalue weighted by molar-refractivity contribution is 7.14. The number of nitrogens with zero attached hydrogens (tertiary/aromatic N) is 5. The third-order valence-corrected chi connectivity index (χ3v) is 9.20. The second-order valence-electron chi connectivity index (χ2n) is 11.1. The van der Waals surface area contributed by atoms with Gasteiger partial charge in [-0.05, 0) is 65.3 Å². The molecule has 0 saturated heterocycles. The van der Waals surface area contributed by atoms with Gasteiger partial charge in [0.25, 0.3) is 11.4 Å². The third-order valence-electron chi connectivity index (χ3n) is 8.37. The molecule has 1 aliphatic carbocycles. The number of fused-ring (bicyclic) bond motifs is 1. The van der Waals surface area contributed by atoms with E-state index in [9.17, 15) is 20.2 Å². The molecule has 1 fully saturated rings. The monoisotopic (exact) mass is 613 g/mol. The van der Waals surface area contributed by atoms with E-state index in [-0.39, 0.29) is 28.3 Å². The Bertz CT molecular complexity index is 1940. The van der Waals surface area contributed by atoms with Crippen LogP contribution in [0.5, 0.6) is 0 Å². The summed E-state index contributed by atoms with van der Waals surface area (Å²) in [5, 5.41) is 32.4. The van der Waals surface area contributed by atoms with Crippen molar-refractivity contribution in [2.45, 2.75) is 25.3 Å². The van der Waals surface area contributed by atoms with Gasteiger partial charge in [0, 0.05) is 41.1 Å². The van der Waals surface area contributed by atoms with Crippen LogP contribution in [-0.2, 0) is 0 Å². The fourth-order valence-corrected chi connectivity index (χ4v) is 6.96. The third kappa shape index (κ3) is 5.63. The van der Waals surface area contributed by atoms with Crippen LogP contribution < -0.4 is 5.01 Å². The number of hydrazone groups is 1. The van der Waals surface area contributed by atoms with Crippen LogP contribution in [0, 0.1) is 26.1 Å². The first-order valence-corrected chi connectivity index (χ1v) is 15.5. The van der Waals surface area contributed by atoms with E-state index < -0.39 is 4.92 Å². The molecule has 4 aromatic carbocycles. The molecule has 7 rings (SSSR count). The maximum absolute atomic E-state index is 11.4. The summed E-state index contributed by atoms with van der Waals surface area (Å²) in [7, 11) is 0. The van der Waals surface area contributed by atoms with Gasteiger partial charge >= 0.3 is 0 Å². The molecule has 1 aliphatic heterocycles. The van der Waals surface area contributed by atoms with Gasteiger partial charge in [-0.25, -0.2) is 9.99 Å². The van der Waals surface area contributed by atoms with E-state index in [0.717, 1.165) is 69.2 Å². The number of allylic oxidation sites excluding steroid dienone is 1. The zero-order chi connectivity index (χ0) is 30.9. The molecule has 0 unspecified atom stereocenters. The topological polar surface area (TPSA) is 115 Å². The Morgan fingerprint density at radius 3 is 2.07 bits per heavy atom. The van der Waals surface area contributed by atoms with E-state index in [1.54, 1.807) is 24.3 Å². The first-order valence-electron chi connectivity index (χ1n) is 14.6. The largest absolute Gasteiger partial charge is 0.269 e. The molecule has 1 saturated carbocycles. The number of benzene rings is 4. The lowest BCUT2D eigenvalue weighted by molar-refractivity contribution is -0.385.